The van der Waals surface area contributed by atoms with Gasteiger partial charge in [-0.05, 0) is 6.07 Å². The van der Waals surface area contributed by atoms with Crippen LogP contribution >= 0.6 is 0 Å². The first-order valence-corrected chi connectivity index (χ1v) is 5.55. The summed E-state index contributed by atoms with van der Waals surface area (Å²) in [5.41, 5.74) is 3.26. The molecule has 2 aromatic rings. The number of hydrazine groups is 1. The Kier molecular flexibility index (Phi) is 3.77. The Bertz CT molecular complexity index is 585. The fraction of sp³-hybridized carbons (Fsp3) is 0.250. The summed E-state index contributed by atoms with van der Waals surface area (Å²) in [6, 6.07) is 2.62. The molecule has 0 aliphatic carbocycles. The van der Waals surface area contributed by atoms with Gasteiger partial charge in [0.2, 0.25) is 0 Å². The maximum atomic E-state index is 13.8. The smallest absolute Gasteiger partial charge is 0.161 e. The largest absolute Gasteiger partial charge is 0.493 e. The molecule has 0 saturated carbocycles. The van der Waals surface area contributed by atoms with Crippen LogP contribution in [-0.4, -0.2) is 16.9 Å². The molecule has 1 aromatic heterocycles. The zero-order chi connectivity index (χ0) is 14.0. The number of hydrogen-bond donors (Lipinski definition) is 2. The van der Waals surface area contributed by atoms with Crippen molar-refractivity contribution in [1.29, 1.82) is 0 Å². The first kappa shape index (κ1) is 13.4. The number of nitrogens with one attached hydrogen (secondary N) is 1. The lowest BCUT2D eigenvalue weighted by molar-refractivity contribution is 0.399. The molecule has 2 rings (SSSR count). The van der Waals surface area contributed by atoms with Crippen molar-refractivity contribution in [3.05, 3.63) is 47.3 Å². The van der Waals surface area contributed by atoms with E-state index < -0.39 is 17.7 Å². The van der Waals surface area contributed by atoms with Crippen LogP contribution in [-0.2, 0) is 7.05 Å². The van der Waals surface area contributed by atoms with Crippen molar-refractivity contribution < 1.29 is 13.5 Å². The van der Waals surface area contributed by atoms with Crippen LogP contribution in [0.4, 0.5) is 8.78 Å². The first-order valence-electron chi connectivity index (χ1n) is 5.55. The lowest BCUT2D eigenvalue weighted by Crippen LogP contribution is -2.31. The number of hydrogen-bond acceptors (Lipinski definition) is 4. The summed E-state index contributed by atoms with van der Waals surface area (Å²) in [6.45, 7) is 0. The molecule has 0 aliphatic rings. The van der Waals surface area contributed by atoms with E-state index in [1.54, 1.807) is 7.05 Å². The van der Waals surface area contributed by atoms with Crippen LogP contribution in [0.2, 0.25) is 0 Å². The molecule has 7 heteroatoms. The van der Waals surface area contributed by atoms with Crippen LogP contribution in [0.5, 0.6) is 5.75 Å². The second-order valence-corrected chi connectivity index (χ2v) is 3.99. The Morgan fingerprint density at radius 2 is 2.16 bits per heavy atom. The second kappa shape index (κ2) is 5.33. The van der Waals surface area contributed by atoms with E-state index in [0.717, 1.165) is 6.07 Å². The minimum Gasteiger partial charge on any atom is -0.493 e. The highest BCUT2D eigenvalue weighted by molar-refractivity contribution is 5.37. The van der Waals surface area contributed by atoms with Crippen molar-refractivity contribution in [1.82, 2.24) is 15.2 Å². The van der Waals surface area contributed by atoms with Crippen molar-refractivity contribution in [3.8, 4) is 5.75 Å². The van der Waals surface area contributed by atoms with Crippen molar-refractivity contribution >= 4 is 0 Å². The first-order chi connectivity index (χ1) is 9.08. The predicted molar refractivity (Wildman–Crippen MR) is 65.3 cm³/mol. The molecule has 0 bridgehead atoms. The van der Waals surface area contributed by atoms with Crippen LogP contribution in [0.25, 0.3) is 0 Å². The van der Waals surface area contributed by atoms with E-state index in [-0.39, 0.29) is 5.56 Å². The molecule has 1 aromatic carbocycles. The molecule has 0 spiro atoms. The van der Waals surface area contributed by atoms with E-state index in [1.165, 1.54) is 30.1 Å². The number of methoxy groups -OCH3 is 1. The Labute approximate surface area is 108 Å². The van der Waals surface area contributed by atoms with Gasteiger partial charge in [-0.3, -0.25) is 10.5 Å². The van der Waals surface area contributed by atoms with Crippen LogP contribution in [0, 0.1) is 11.6 Å². The Balaban J connectivity index is 2.52. The van der Waals surface area contributed by atoms with Gasteiger partial charge in [-0.1, -0.05) is 6.07 Å². The minimum absolute atomic E-state index is 0.214. The molecule has 0 radical (unpaired) electrons. The highest BCUT2D eigenvalue weighted by Gasteiger charge is 2.24. The van der Waals surface area contributed by atoms with Crippen molar-refractivity contribution in [2.45, 2.75) is 6.04 Å². The molecule has 0 fully saturated rings. The lowest BCUT2D eigenvalue weighted by Gasteiger charge is -2.18. The maximum absolute atomic E-state index is 13.8. The van der Waals surface area contributed by atoms with Crippen molar-refractivity contribution in [2.75, 3.05) is 7.11 Å². The lowest BCUT2D eigenvalue weighted by atomic mass is 10.0. The second-order valence-electron chi connectivity index (χ2n) is 3.99. The fourth-order valence-electron chi connectivity index (χ4n) is 1.96. The Morgan fingerprint density at radius 1 is 1.42 bits per heavy atom. The molecule has 1 atom stereocenters. The Hall–Kier alpha value is -1.99. The molecule has 0 amide bonds. The third-order valence-corrected chi connectivity index (χ3v) is 2.88. The summed E-state index contributed by atoms with van der Waals surface area (Å²) < 4.78 is 33.5. The summed E-state index contributed by atoms with van der Waals surface area (Å²) in [6.07, 6.45) is 1.50. The number of nitrogens with zero attached hydrogens (tertiary/aromatic N) is 2. The van der Waals surface area contributed by atoms with Gasteiger partial charge in [0, 0.05) is 18.7 Å². The van der Waals surface area contributed by atoms with E-state index in [1.807, 2.05) is 0 Å². The zero-order valence-corrected chi connectivity index (χ0v) is 10.5. The third-order valence-electron chi connectivity index (χ3n) is 2.88. The number of halogens is 2. The Morgan fingerprint density at radius 3 is 2.74 bits per heavy atom. The number of aryl methyl sites for hydroxylation is 1. The quantitative estimate of drug-likeness (QED) is 0.647. The van der Waals surface area contributed by atoms with Gasteiger partial charge in [-0.15, -0.1) is 0 Å². The van der Waals surface area contributed by atoms with Gasteiger partial charge in [0.25, 0.3) is 0 Å². The molecule has 1 unspecified atom stereocenters. The molecule has 19 heavy (non-hydrogen) atoms. The van der Waals surface area contributed by atoms with E-state index in [0.29, 0.717) is 11.4 Å². The summed E-state index contributed by atoms with van der Waals surface area (Å²) in [5.74, 6) is 4.62. The highest BCUT2D eigenvalue weighted by atomic mass is 19.1. The maximum Gasteiger partial charge on any atom is 0.161 e. The average molecular weight is 268 g/mol. The van der Waals surface area contributed by atoms with Gasteiger partial charge in [-0.2, -0.15) is 5.10 Å². The monoisotopic (exact) mass is 268 g/mol. The van der Waals surface area contributed by atoms with Gasteiger partial charge >= 0.3 is 0 Å². The zero-order valence-electron chi connectivity index (χ0n) is 10.5. The molecule has 0 saturated heterocycles. The number of ether oxygens (including phenoxy) is 1. The van der Waals surface area contributed by atoms with E-state index in [4.69, 9.17) is 10.6 Å². The van der Waals surface area contributed by atoms with E-state index in [2.05, 4.69) is 10.5 Å². The van der Waals surface area contributed by atoms with Gasteiger partial charge in [0.05, 0.1) is 19.3 Å². The van der Waals surface area contributed by atoms with E-state index in [9.17, 15) is 8.78 Å². The van der Waals surface area contributed by atoms with Gasteiger partial charge in [0.15, 0.2) is 5.75 Å². The van der Waals surface area contributed by atoms with Crippen molar-refractivity contribution in [2.24, 2.45) is 12.9 Å². The van der Waals surface area contributed by atoms with Crippen LogP contribution in [0.3, 0.4) is 0 Å². The average Bonchev–Trinajstić information content (AvgIpc) is 2.74. The third kappa shape index (κ3) is 2.42. The summed E-state index contributed by atoms with van der Waals surface area (Å²) in [7, 11) is 3.17. The van der Waals surface area contributed by atoms with Crippen LogP contribution in [0.15, 0.2) is 24.4 Å². The van der Waals surface area contributed by atoms with Crippen LogP contribution in [0.1, 0.15) is 17.3 Å². The summed E-state index contributed by atoms with van der Waals surface area (Å²) in [4.78, 5) is 0. The van der Waals surface area contributed by atoms with E-state index >= 15 is 0 Å². The van der Waals surface area contributed by atoms with Gasteiger partial charge < -0.3 is 4.74 Å². The molecule has 0 aliphatic heterocycles. The SMILES string of the molecule is COc1cnn(C)c1C(NN)c1ccc(F)cc1F. The molecule has 1 heterocycles. The number of benzene rings is 1. The highest BCUT2D eigenvalue weighted by Crippen LogP contribution is 2.30. The number of rotatable bonds is 4. The summed E-state index contributed by atoms with van der Waals surface area (Å²) in [5, 5.41) is 4.03. The number of aromatic nitrogens is 2. The molecule has 3 N–H and O–H groups in total. The summed E-state index contributed by atoms with van der Waals surface area (Å²) >= 11 is 0. The molecular weight excluding hydrogens is 254 g/mol. The van der Waals surface area contributed by atoms with Gasteiger partial charge in [-0.25, -0.2) is 14.2 Å². The van der Waals surface area contributed by atoms with Crippen molar-refractivity contribution in [3.63, 3.8) is 0 Å². The van der Waals surface area contributed by atoms with Crippen LogP contribution < -0.4 is 16.0 Å². The van der Waals surface area contributed by atoms with Gasteiger partial charge in [0.1, 0.15) is 17.3 Å². The predicted octanol–water partition coefficient (Wildman–Crippen LogP) is 1.26. The molecular formula is C12H14F2N4O. The number of nitrogens with two attached hydrogens (primary N) is 1. The molecule has 102 valence electrons. The fourth-order valence-corrected chi connectivity index (χ4v) is 1.96. The normalized spacial score (nSPS) is 12.5. The molecule has 5 nitrogen and oxygen atoms in total. The standard InChI is InChI=1S/C12H14F2N4O/c1-18-12(10(19-2)6-16-18)11(17-15)8-4-3-7(13)5-9(8)14/h3-6,11,17H,15H2,1-2H3. The topological polar surface area (TPSA) is 65.1 Å². The minimum atomic E-state index is -0.692.